The van der Waals surface area contributed by atoms with E-state index in [9.17, 15) is 4.79 Å². The zero-order chi connectivity index (χ0) is 11.8. The fraction of sp³-hybridized carbons (Fsp3) is 0.462. The van der Waals surface area contributed by atoms with Gasteiger partial charge in [0.05, 0.1) is 6.42 Å². The van der Waals surface area contributed by atoms with Gasteiger partial charge < -0.3 is 10.4 Å². The maximum atomic E-state index is 10.7. The van der Waals surface area contributed by atoms with Crippen LogP contribution in [0.4, 0.5) is 5.69 Å². The number of hydrogen-bond donors (Lipinski definition) is 2. The molecule has 2 N–H and O–H groups in total. The number of para-hydroxylation sites is 1. The van der Waals surface area contributed by atoms with Gasteiger partial charge in [-0.05, 0) is 18.6 Å². The largest absolute Gasteiger partial charge is 0.481 e. The summed E-state index contributed by atoms with van der Waals surface area (Å²) in [6.45, 7) is 2.11. The fourth-order valence-corrected chi connectivity index (χ4v) is 1.66. The number of unbranched alkanes of at least 4 members (excludes halogenated alkanes) is 1. The molecule has 0 aliphatic heterocycles. The van der Waals surface area contributed by atoms with E-state index in [2.05, 4.69) is 12.2 Å². The molecule has 3 heteroatoms. The molecule has 1 rings (SSSR count). The minimum atomic E-state index is -0.746. The Balaban J connectivity index is 2.52. The smallest absolute Gasteiger partial charge is 0.305 e. The summed E-state index contributed by atoms with van der Waals surface area (Å²) in [6, 6.07) is 9.78. The maximum Gasteiger partial charge on any atom is 0.305 e. The molecule has 0 aliphatic carbocycles. The summed E-state index contributed by atoms with van der Waals surface area (Å²) in [7, 11) is 0. The van der Waals surface area contributed by atoms with Crippen molar-refractivity contribution in [2.45, 2.75) is 38.6 Å². The highest BCUT2D eigenvalue weighted by molar-refractivity contribution is 5.68. The van der Waals surface area contributed by atoms with Crippen molar-refractivity contribution in [3.63, 3.8) is 0 Å². The van der Waals surface area contributed by atoms with Crippen LogP contribution in [0.2, 0.25) is 0 Å². The van der Waals surface area contributed by atoms with Gasteiger partial charge in [-0.25, -0.2) is 0 Å². The average Bonchev–Trinajstić information content (AvgIpc) is 2.26. The second-order valence-corrected chi connectivity index (χ2v) is 3.95. The van der Waals surface area contributed by atoms with E-state index in [1.165, 1.54) is 0 Å². The Kier molecular flexibility index (Phi) is 5.40. The van der Waals surface area contributed by atoms with Gasteiger partial charge in [-0.15, -0.1) is 0 Å². The van der Waals surface area contributed by atoms with Gasteiger partial charge in [0.2, 0.25) is 0 Å². The first kappa shape index (κ1) is 12.6. The van der Waals surface area contributed by atoms with Gasteiger partial charge in [0.25, 0.3) is 0 Å². The summed E-state index contributed by atoms with van der Waals surface area (Å²) >= 11 is 0. The molecule has 16 heavy (non-hydrogen) atoms. The summed E-state index contributed by atoms with van der Waals surface area (Å²) in [4.78, 5) is 10.7. The number of anilines is 1. The van der Waals surface area contributed by atoms with Crippen LogP contribution in [-0.4, -0.2) is 17.1 Å². The SMILES string of the molecule is CCCCC(CC(=O)O)Nc1ccccc1. The Morgan fingerprint density at radius 2 is 2.06 bits per heavy atom. The lowest BCUT2D eigenvalue weighted by molar-refractivity contribution is -0.137. The van der Waals surface area contributed by atoms with Crippen LogP contribution in [0.3, 0.4) is 0 Å². The number of benzene rings is 1. The van der Waals surface area contributed by atoms with Crippen molar-refractivity contribution in [3.05, 3.63) is 30.3 Å². The fourth-order valence-electron chi connectivity index (χ4n) is 1.66. The minimum Gasteiger partial charge on any atom is -0.481 e. The van der Waals surface area contributed by atoms with Crippen molar-refractivity contribution < 1.29 is 9.90 Å². The normalized spacial score (nSPS) is 12.1. The number of carbonyl (C=O) groups is 1. The molecular formula is C13H19NO2. The van der Waals surface area contributed by atoms with Crippen LogP contribution in [0.5, 0.6) is 0 Å². The van der Waals surface area contributed by atoms with Crippen LogP contribution in [-0.2, 0) is 4.79 Å². The van der Waals surface area contributed by atoms with Crippen LogP contribution in [0.1, 0.15) is 32.6 Å². The maximum absolute atomic E-state index is 10.7. The van der Waals surface area contributed by atoms with E-state index < -0.39 is 5.97 Å². The third-order valence-corrected chi connectivity index (χ3v) is 2.47. The summed E-state index contributed by atoms with van der Waals surface area (Å²) < 4.78 is 0. The van der Waals surface area contributed by atoms with E-state index in [0.717, 1.165) is 24.9 Å². The lowest BCUT2D eigenvalue weighted by Crippen LogP contribution is -2.23. The first-order valence-corrected chi connectivity index (χ1v) is 5.75. The molecule has 88 valence electrons. The molecule has 0 saturated heterocycles. The monoisotopic (exact) mass is 221 g/mol. The second-order valence-electron chi connectivity index (χ2n) is 3.95. The van der Waals surface area contributed by atoms with Crippen molar-refractivity contribution in [1.29, 1.82) is 0 Å². The summed E-state index contributed by atoms with van der Waals surface area (Å²) in [5, 5.41) is 12.1. The van der Waals surface area contributed by atoms with Gasteiger partial charge in [-0.2, -0.15) is 0 Å². The van der Waals surface area contributed by atoms with E-state index in [-0.39, 0.29) is 12.5 Å². The van der Waals surface area contributed by atoms with E-state index in [0.29, 0.717) is 0 Å². The quantitative estimate of drug-likeness (QED) is 0.743. The van der Waals surface area contributed by atoms with E-state index >= 15 is 0 Å². The van der Waals surface area contributed by atoms with Gasteiger partial charge in [0.1, 0.15) is 0 Å². The summed E-state index contributed by atoms with van der Waals surface area (Å²) in [5.74, 6) is -0.746. The Bertz CT molecular complexity index is 311. The van der Waals surface area contributed by atoms with Crippen LogP contribution in [0.25, 0.3) is 0 Å². The molecular weight excluding hydrogens is 202 g/mol. The molecule has 0 saturated carbocycles. The molecule has 1 atom stereocenters. The standard InChI is InChI=1S/C13H19NO2/c1-2-3-7-12(10-13(15)16)14-11-8-5-4-6-9-11/h4-6,8-9,12,14H,2-3,7,10H2,1H3,(H,15,16). The second kappa shape index (κ2) is 6.88. The van der Waals surface area contributed by atoms with Crippen molar-refractivity contribution >= 4 is 11.7 Å². The molecule has 3 nitrogen and oxygen atoms in total. The van der Waals surface area contributed by atoms with Crippen molar-refractivity contribution in [1.82, 2.24) is 0 Å². The van der Waals surface area contributed by atoms with Crippen molar-refractivity contribution in [2.75, 3.05) is 5.32 Å². The first-order chi connectivity index (χ1) is 7.72. The molecule has 0 radical (unpaired) electrons. The number of aliphatic carboxylic acids is 1. The molecule has 0 spiro atoms. The third-order valence-electron chi connectivity index (χ3n) is 2.47. The summed E-state index contributed by atoms with van der Waals surface area (Å²) in [6.07, 6.45) is 3.22. The molecule has 0 bridgehead atoms. The van der Waals surface area contributed by atoms with Gasteiger partial charge >= 0.3 is 5.97 Å². The molecule has 1 aromatic carbocycles. The molecule has 0 fully saturated rings. The number of nitrogens with one attached hydrogen (secondary N) is 1. The van der Waals surface area contributed by atoms with Crippen LogP contribution in [0.15, 0.2) is 30.3 Å². The highest BCUT2D eigenvalue weighted by Crippen LogP contribution is 2.13. The third kappa shape index (κ3) is 4.82. The zero-order valence-corrected chi connectivity index (χ0v) is 9.65. The number of carboxylic acid groups (broad SMARTS) is 1. The lowest BCUT2D eigenvalue weighted by atomic mass is 10.1. The lowest BCUT2D eigenvalue weighted by Gasteiger charge is -2.17. The molecule has 1 aromatic rings. The van der Waals surface area contributed by atoms with Crippen LogP contribution < -0.4 is 5.32 Å². The molecule has 0 aliphatic rings. The molecule has 0 heterocycles. The Labute approximate surface area is 96.5 Å². The Morgan fingerprint density at radius 1 is 1.38 bits per heavy atom. The van der Waals surface area contributed by atoms with Crippen molar-refractivity contribution in [3.8, 4) is 0 Å². The van der Waals surface area contributed by atoms with Crippen molar-refractivity contribution in [2.24, 2.45) is 0 Å². The van der Waals surface area contributed by atoms with Crippen LogP contribution >= 0.6 is 0 Å². The average molecular weight is 221 g/mol. The Morgan fingerprint density at radius 3 is 2.62 bits per heavy atom. The highest BCUT2D eigenvalue weighted by Gasteiger charge is 2.12. The molecule has 0 amide bonds. The van der Waals surface area contributed by atoms with Gasteiger partial charge in [-0.3, -0.25) is 4.79 Å². The van der Waals surface area contributed by atoms with E-state index in [1.807, 2.05) is 30.3 Å². The first-order valence-electron chi connectivity index (χ1n) is 5.75. The minimum absolute atomic E-state index is 0.0276. The predicted octanol–water partition coefficient (Wildman–Crippen LogP) is 3.13. The van der Waals surface area contributed by atoms with E-state index in [4.69, 9.17) is 5.11 Å². The van der Waals surface area contributed by atoms with Gasteiger partial charge in [0, 0.05) is 11.7 Å². The number of carboxylic acids is 1. The summed E-state index contributed by atoms with van der Waals surface area (Å²) in [5.41, 5.74) is 0.991. The Hall–Kier alpha value is -1.51. The molecule has 0 aromatic heterocycles. The van der Waals surface area contributed by atoms with Crippen LogP contribution in [0, 0.1) is 0 Å². The van der Waals surface area contributed by atoms with Gasteiger partial charge in [0.15, 0.2) is 0 Å². The number of rotatable bonds is 7. The predicted molar refractivity (Wildman–Crippen MR) is 65.6 cm³/mol. The topological polar surface area (TPSA) is 49.3 Å². The van der Waals surface area contributed by atoms with E-state index in [1.54, 1.807) is 0 Å². The number of hydrogen-bond acceptors (Lipinski definition) is 2. The van der Waals surface area contributed by atoms with Gasteiger partial charge in [-0.1, -0.05) is 38.0 Å². The molecule has 1 unspecified atom stereocenters. The highest BCUT2D eigenvalue weighted by atomic mass is 16.4. The zero-order valence-electron chi connectivity index (χ0n) is 9.65.